The maximum absolute atomic E-state index is 13.8. The van der Waals surface area contributed by atoms with E-state index in [1.165, 1.54) is 6.07 Å². The van der Waals surface area contributed by atoms with Crippen LogP contribution in [0.15, 0.2) is 59.1 Å². The fourth-order valence-electron chi connectivity index (χ4n) is 3.61. The second-order valence-corrected chi connectivity index (χ2v) is 8.35. The number of methoxy groups -OCH3 is 1. The number of rotatable bonds is 5. The first-order chi connectivity index (χ1) is 15.2. The van der Waals surface area contributed by atoms with Gasteiger partial charge >= 0.3 is 6.18 Å². The lowest BCUT2D eigenvalue weighted by atomic mass is 9.97. The molecule has 0 unspecified atom stereocenters. The number of carbonyl (C=O) groups is 1. The minimum Gasteiger partial charge on any atom is -0.497 e. The molecule has 2 heterocycles. The Balaban J connectivity index is 1.54. The number of ether oxygens (including phenoxy) is 1. The van der Waals surface area contributed by atoms with E-state index < -0.39 is 24.2 Å². The summed E-state index contributed by atoms with van der Waals surface area (Å²) < 4.78 is 48.2. The molecule has 1 aliphatic rings. The standard InChI is InChI=1S/C22H20BrF3N4O2/c1-32-16-8-2-13(3-9-16)12-27-21(31)18-11-20-28-17(14-4-6-15(23)7-5-14)10-19(22(24,25)26)30(20)29-18/h2-9,11,17,19,28H,10,12H2,1H3,(H,27,31)/t17-,19+/m1/s1. The smallest absolute Gasteiger partial charge is 0.410 e. The third-order valence-corrected chi connectivity index (χ3v) is 5.84. The third kappa shape index (κ3) is 4.74. The Kier molecular flexibility index (Phi) is 6.14. The van der Waals surface area contributed by atoms with Crippen LogP contribution in [0.2, 0.25) is 0 Å². The minimum absolute atomic E-state index is 0.0771. The molecule has 168 valence electrons. The average Bonchev–Trinajstić information content (AvgIpc) is 3.21. The number of hydrogen-bond donors (Lipinski definition) is 2. The number of anilines is 1. The molecule has 2 N–H and O–H groups in total. The Morgan fingerprint density at radius 3 is 2.53 bits per heavy atom. The summed E-state index contributed by atoms with van der Waals surface area (Å²) in [5.74, 6) is 0.290. The molecule has 3 aromatic rings. The molecule has 6 nitrogen and oxygen atoms in total. The van der Waals surface area contributed by atoms with Crippen LogP contribution in [-0.2, 0) is 6.54 Å². The summed E-state index contributed by atoms with van der Waals surface area (Å²) in [7, 11) is 1.56. The molecule has 0 radical (unpaired) electrons. The number of amides is 1. The van der Waals surface area contributed by atoms with Crippen molar-refractivity contribution in [2.45, 2.75) is 31.2 Å². The first kappa shape index (κ1) is 22.2. The number of alkyl halides is 3. The van der Waals surface area contributed by atoms with Crippen LogP contribution in [0.5, 0.6) is 5.75 Å². The van der Waals surface area contributed by atoms with Crippen LogP contribution in [0.25, 0.3) is 0 Å². The monoisotopic (exact) mass is 508 g/mol. The predicted octanol–water partition coefficient (Wildman–Crippen LogP) is 5.24. The van der Waals surface area contributed by atoms with Crippen molar-refractivity contribution in [2.75, 3.05) is 12.4 Å². The van der Waals surface area contributed by atoms with Gasteiger partial charge in [0, 0.05) is 23.5 Å². The van der Waals surface area contributed by atoms with Gasteiger partial charge in [-0.1, -0.05) is 40.2 Å². The van der Waals surface area contributed by atoms with Gasteiger partial charge in [-0.25, -0.2) is 4.68 Å². The number of benzene rings is 2. The van der Waals surface area contributed by atoms with Crippen molar-refractivity contribution in [3.63, 3.8) is 0 Å². The van der Waals surface area contributed by atoms with Crippen molar-refractivity contribution < 1.29 is 22.7 Å². The number of fused-ring (bicyclic) bond motifs is 1. The molecule has 4 rings (SSSR count). The zero-order chi connectivity index (χ0) is 22.9. The number of hydrogen-bond acceptors (Lipinski definition) is 4. The highest BCUT2D eigenvalue weighted by Gasteiger charge is 2.46. The van der Waals surface area contributed by atoms with Crippen LogP contribution in [0.4, 0.5) is 19.0 Å². The summed E-state index contributed by atoms with van der Waals surface area (Å²) in [6.45, 7) is 0.211. The molecule has 1 amide bonds. The summed E-state index contributed by atoms with van der Waals surface area (Å²) in [5.41, 5.74) is 1.47. The fourth-order valence-corrected chi connectivity index (χ4v) is 3.88. The molecule has 32 heavy (non-hydrogen) atoms. The summed E-state index contributed by atoms with van der Waals surface area (Å²) in [5, 5.41) is 9.76. The quantitative estimate of drug-likeness (QED) is 0.494. The highest BCUT2D eigenvalue weighted by molar-refractivity contribution is 9.10. The zero-order valence-corrected chi connectivity index (χ0v) is 18.6. The molecule has 2 aromatic carbocycles. The second kappa shape index (κ2) is 8.85. The van der Waals surface area contributed by atoms with Crippen LogP contribution in [0, 0.1) is 0 Å². The number of aromatic nitrogens is 2. The van der Waals surface area contributed by atoms with E-state index in [2.05, 4.69) is 31.7 Å². The van der Waals surface area contributed by atoms with E-state index in [0.717, 1.165) is 20.3 Å². The van der Waals surface area contributed by atoms with E-state index in [4.69, 9.17) is 4.74 Å². The van der Waals surface area contributed by atoms with Crippen LogP contribution in [0.3, 0.4) is 0 Å². The summed E-state index contributed by atoms with van der Waals surface area (Å²) in [6.07, 6.45) is -4.74. The van der Waals surface area contributed by atoms with E-state index in [0.29, 0.717) is 5.75 Å². The van der Waals surface area contributed by atoms with Crippen LogP contribution < -0.4 is 15.4 Å². The van der Waals surface area contributed by atoms with Crippen LogP contribution in [0.1, 0.15) is 40.1 Å². The average molecular weight is 509 g/mol. The summed E-state index contributed by atoms with van der Waals surface area (Å²) in [4.78, 5) is 12.6. The van der Waals surface area contributed by atoms with Gasteiger partial charge in [0.2, 0.25) is 0 Å². The number of halogens is 4. The van der Waals surface area contributed by atoms with Crippen molar-refractivity contribution in [3.05, 3.63) is 75.9 Å². The van der Waals surface area contributed by atoms with Crippen molar-refractivity contribution in [1.82, 2.24) is 15.1 Å². The van der Waals surface area contributed by atoms with Gasteiger partial charge in [0.25, 0.3) is 5.91 Å². The molecule has 0 aliphatic carbocycles. The van der Waals surface area contributed by atoms with Gasteiger partial charge in [-0.2, -0.15) is 18.3 Å². The lowest BCUT2D eigenvalue weighted by molar-refractivity contribution is -0.173. The van der Waals surface area contributed by atoms with E-state index in [9.17, 15) is 18.0 Å². The Labute approximate surface area is 190 Å². The SMILES string of the molecule is COc1ccc(CNC(=O)c2cc3n(n2)[C@H](C(F)(F)F)C[C@H](c2ccc(Br)cc2)N3)cc1. The Morgan fingerprint density at radius 2 is 1.91 bits per heavy atom. The first-order valence-electron chi connectivity index (χ1n) is 9.84. The van der Waals surface area contributed by atoms with Gasteiger partial charge in [-0.3, -0.25) is 4.79 Å². The molecule has 0 fully saturated rings. The lowest BCUT2D eigenvalue weighted by Crippen LogP contribution is -2.35. The molecule has 1 aliphatic heterocycles. The third-order valence-electron chi connectivity index (χ3n) is 5.31. The van der Waals surface area contributed by atoms with Gasteiger partial charge in [-0.05, 0) is 35.4 Å². The normalized spacial score (nSPS) is 17.9. The molecule has 10 heteroatoms. The van der Waals surface area contributed by atoms with E-state index in [-0.39, 0.29) is 24.5 Å². The van der Waals surface area contributed by atoms with Crippen molar-refractivity contribution in [3.8, 4) is 5.75 Å². The van der Waals surface area contributed by atoms with E-state index >= 15 is 0 Å². The highest BCUT2D eigenvalue weighted by Crippen LogP contribution is 2.43. The molecule has 0 saturated heterocycles. The number of nitrogens with zero attached hydrogens (tertiary/aromatic N) is 2. The van der Waals surface area contributed by atoms with Gasteiger partial charge in [0.15, 0.2) is 11.7 Å². The van der Waals surface area contributed by atoms with E-state index in [1.807, 2.05) is 0 Å². The summed E-state index contributed by atoms with van der Waals surface area (Å²) in [6, 6.07) is 13.2. The molecule has 1 aromatic heterocycles. The molecule has 0 bridgehead atoms. The highest BCUT2D eigenvalue weighted by atomic mass is 79.9. The first-order valence-corrected chi connectivity index (χ1v) is 10.6. The largest absolute Gasteiger partial charge is 0.497 e. The maximum Gasteiger partial charge on any atom is 0.410 e. The predicted molar refractivity (Wildman–Crippen MR) is 117 cm³/mol. The molecule has 0 saturated carbocycles. The van der Waals surface area contributed by atoms with Crippen LogP contribution >= 0.6 is 15.9 Å². The zero-order valence-electron chi connectivity index (χ0n) is 17.0. The molecule has 0 spiro atoms. The molecular weight excluding hydrogens is 489 g/mol. The second-order valence-electron chi connectivity index (χ2n) is 7.43. The fraction of sp³-hybridized carbons (Fsp3) is 0.273. The molecular formula is C22H20BrF3N4O2. The van der Waals surface area contributed by atoms with Gasteiger partial charge in [0.05, 0.1) is 13.2 Å². The topological polar surface area (TPSA) is 68.2 Å². The summed E-state index contributed by atoms with van der Waals surface area (Å²) >= 11 is 3.33. The Bertz CT molecular complexity index is 1100. The Morgan fingerprint density at radius 1 is 1.22 bits per heavy atom. The lowest BCUT2D eigenvalue weighted by Gasteiger charge is -2.33. The van der Waals surface area contributed by atoms with Crippen LogP contribution in [-0.4, -0.2) is 29.0 Å². The number of carbonyl (C=O) groups excluding carboxylic acids is 1. The van der Waals surface area contributed by atoms with Gasteiger partial charge < -0.3 is 15.4 Å². The van der Waals surface area contributed by atoms with E-state index in [1.54, 1.807) is 55.6 Å². The number of nitrogens with one attached hydrogen (secondary N) is 2. The van der Waals surface area contributed by atoms with Gasteiger partial charge in [0.1, 0.15) is 11.6 Å². The van der Waals surface area contributed by atoms with Crippen molar-refractivity contribution in [1.29, 1.82) is 0 Å². The molecule has 2 atom stereocenters. The Hall–Kier alpha value is -3.01. The minimum atomic E-state index is -4.51. The van der Waals surface area contributed by atoms with Crippen molar-refractivity contribution >= 4 is 27.7 Å². The maximum atomic E-state index is 13.8. The van der Waals surface area contributed by atoms with Crippen molar-refractivity contribution in [2.24, 2.45) is 0 Å². The van der Waals surface area contributed by atoms with Gasteiger partial charge in [-0.15, -0.1) is 0 Å².